The highest BCUT2D eigenvalue weighted by molar-refractivity contribution is 5.82. The van der Waals surface area contributed by atoms with Crippen molar-refractivity contribution in [1.29, 1.82) is 0 Å². The van der Waals surface area contributed by atoms with Gasteiger partial charge in [0.2, 0.25) is 0 Å². The van der Waals surface area contributed by atoms with Gasteiger partial charge in [-0.2, -0.15) is 0 Å². The molecule has 0 aliphatic rings. The highest BCUT2D eigenvalue weighted by atomic mass is 16.5. The largest absolute Gasteiger partial charge is 0.497 e. The lowest BCUT2D eigenvalue weighted by molar-refractivity contribution is 0.290. The number of nitrogens with zero attached hydrogens (tertiary/aromatic N) is 2. The van der Waals surface area contributed by atoms with E-state index in [-0.39, 0.29) is 11.8 Å². The van der Waals surface area contributed by atoms with E-state index in [2.05, 4.69) is 10.1 Å². The van der Waals surface area contributed by atoms with Crippen molar-refractivity contribution >= 4 is 5.84 Å². The van der Waals surface area contributed by atoms with Crippen molar-refractivity contribution in [2.45, 2.75) is 13.5 Å². The van der Waals surface area contributed by atoms with Crippen molar-refractivity contribution < 1.29 is 9.94 Å². The number of hydrogen-bond acceptors (Lipinski definition) is 4. The first kappa shape index (κ1) is 14.3. The Labute approximate surface area is 108 Å². The van der Waals surface area contributed by atoms with E-state index in [0.29, 0.717) is 0 Å². The lowest BCUT2D eigenvalue weighted by Crippen LogP contribution is -2.32. The molecule has 0 saturated carbocycles. The van der Waals surface area contributed by atoms with Gasteiger partial charge < -0.3 is 20.6 Å². The van der Waals surface area contributed by atoms with Gasteiger partial charge in [0.15, 0.2) is 0 Å². The Kier molecular flexibility index (Phi) is 5.45. The molecule has 0 fully saturated rings. The summed E-state index contributed by atoms with van der Waals surface area (Å²) in [5, 5.41) is 11.6. The average Bonchev–Trinajstić information content (AvgIpc) is 2.38. The Morgan fingerprint density at radius 3 is 2.56 bits per heavy atom. The first-order valence-electron chi connectivity index (χ1n) is 5.85. The maximum atomic E-state index is 8.60. The van der Waals surface area contributed by atoms with Crippen LogP contribution in [0.5, 0.6) is 5.75 Å². The maximum Gasteiger partial charge on any atom is 0.143 e. The standard InChI is InChI=1S/C13H21N3O2/c1-10(13(14)15-17)8-16(2)9-11-4-6-12(18-3)7-5-11/h4-7,10,17H,8-9H2,1-3H3,(H2,14,15). The fraction of sp³-hybridized carbons (Fsp3) is 0.462. The number of oxime groups is 1. The normalized spacial score (nSPS) is 13.7. The molecule has 5 heteroatoms. The second kappa shape index (κ2) is 6.86. The van der Waals surface area contributed by atoms with Gasteiger partial charge in [-0.05, 0) is 24.7 Å². The SMILES string of the molecule is COc1ccc(CN(C)CC(C)/C(N)=N/O)cc1. The van der Waals surface area contributed by atoms with Crippen molar-refractivity contribution in [3.05, 3.63) is 29.8 Å². The van der Waals surface area contributed by atoms with Crippen LogP contribution >= 0.6 is 0 Å². The molecular weight excluding hydrogens is 230 g/mol. The minimum Gasteiger partial charge on any atom is -0.497 e. The van der Waals surface area contributed by atoms with Crippen LogP contribution in [-0.4, -0.2) is 36.6 Å². The van der Waals surface area contributed by atoms with Gasteiger partial charge in [0, 0.05) is 19.0 Å². The molecule has 1 rings (SSSR count). The second-order valence-electron chi connectivity index (χ2n) is 4.47. The van der Waals surface area contributed by atoms with Crippen LogP contribution in [0.2, 0.25) is 0 Å². The summed E-state index contributed by atoms with van der Waals surface area (Å²) in [6.07, 6.45) is 0. The molecule has 0 aromatic heterocycles. The van der Waals surface area contributed by atoms with Gasteiger partial charge in [-0.3, -0.25) is 0 Å². The third kappa shape index (κ3) is 4.25. The molecule has 1 aromatic carbocycles. The molecule has 0 aliphatic carbocycles. The number of amidine groups is 1. The lowest BCUT2D eigenvalue weighted by Gasteiger charge is -2.20. The van der Waals surface area contributed by atoms with Crippen LogP contribution in [0.15, 0.2) is 29.4 Å². The number of methoxy groups -OCH3 is 1. The minimum atomic E-state index is 0.0262. The molecule has 0 radical (unpaired) electrons. The van der Waals surface area contributed by atoms with Gasteiger partial charge >= 0.3 is 0 Å². The smallest absolute Gasteiger partial charge is 0.143 e. The second-order valence-corrected chi connectivity index (χ2v) is 4.47. The molecule has 1 unspecified atom stereocenters. The van der Waals surface area contributed by atoms with E-state index in [9.17, 15) is 0 Å². The quantitative estimate of drug-likeness (QED) is 0.348. The van der Waals surface area contributed by atoms with Gasteiger partial charge in [-0.1, -0.05) is 24.2 Å². The van der Waals surface area contributed by atoms with Crippen molar-refractivity contribution in [2.75, 3.05) is 20.7 Å². The molecule has 0 heterocycles. The Morgan fingerprint density at radius 2 is 2.06 bits per heavy atom. The summed E-state index contributed by atoms with van der Waals surface area (Å²) in [5.74, 6) is 1.14. The van der Waals surface area contributed by atoms with E-state index in [4.69, 9.17) is 15.7 Å². The highest BCUT2D eigenvalue weighted by Crippen LogP contribution is 2.13. The molecule has 18 heavy (non-hydrogen) atoms. The third-order valence-corrected chi connectivity index (χ3v) is 2.82. The Morgan fingerprint density at radius 1 is 1.44 bits per heavy atom. The molecule has 3 N–H and O–H groups in total. The molecule has 1 atom stereocenters. The fourth-order valence-electron chi connectivity index (χ4n) is 1.77. The van der Waals surface area contributed by atoms with E-state index in [0.717, 1.165) is 18.8 Å². The molecule has 0 bridgehead atoms. The molecule has 0 aliphatic heterocycles. The van der Waals surface area contributed by atoms with E-state index < -0.39 is 0 Å². The zero-order valence-corrected chi connectivity index (χ0v) is 11.1. The van der Waals surface area contributed by atoms with Crippen molar-refractivity contribution in [1.82, 2.24) is 4.90 Å². The number of rotatable bonds is 6. The van der Waals surface area contributed by atoms with Crippen LogP contribution in [0.4, 0.5) is 0 Å². The number of hydrogen-bond donors (Lipinski definition) is 2. The number of ether oxygens (including phenoxy) is 1. The summed E-state index contributed by atoms with van der Waals surface area (Å²) in [6, 6.07) is 7.94. The van der Waals surface area contributed by atoms with Crippen molar-refractivity contribution in [3.8, 4) is 5.75 Å². The molecular formula is C13H21N3O2. The van der Waals surface area contributed by atoms with Crippen LogP contribution in [0.1, 0.15) is 12.5 Å². The third-order valence-electron chi connectivity index (χ3n) is 2.82. The van der Waals surface area contributed by atoms with Gasteiger partial charge in [0.05, 0.1) is 7.11 Å². The first-order chi connectivity index (χ1) is 8.56. The van der Waals surface area contributed by atoms with Gasteiger partial charge in [0.25, 0.3) is 0 Å². The van der Waals surface area contributed by atoms with E-state index in [1.165, 1.54) is 5.56 Å². The van der Waals surface area contributed by atoms with Crippen LogP contribution in [-0.2, 0) is 6.54 Å². The Hall–Kier alpha value is -1.75. The summed E-state index contributed by atoms with van der Waals surface area (Å²) in [7, 11) is 3.66. The van der Waals surface area contributed by atoms with Crippen LogP contribution in [0.3, 0.4) is 0 Å². The predicted molar refractivity (Wildman–Crippen MR) is 71.9 cm³/mol. The van der Waals surface area contributed by atoms with Crippen LogP contribution in [0.25, 0.3) is 0 Å². The van der Waals surface area contributed by atoms with Crippen molar-refractivity contribution in [2.24, 2.45) is 16.8 Å². The zero-order valence-electron chi connectivity index (χ0n) is 11.1. The summed E-state index contributed by atoms with van der Waals surface area (Å²) < 4.78 is 5.11. The summed E-state index contributed by atoms with van der Waals surface area (Å²) >= 11 is 0. The number of nitrogens with two attached hydrogens (primary N) is 1. The van der Waals surface area contributed by atoms with E-state index in [1.54, 1.807) is 7.11 Å². The summed E-state index contributed by atoms with van der Waals surface area (Å²) in [5.41, 5.74) is 6.75. The molecule has 0 amide bonds. The Balaban J connectivity index is 2.51. The van der Waals surface area contributed by atoms with Gasteiger partial charge in [0.1, 0.15) is 11.6 Å². The van der Waals surface area contributed by atoms with Gasteiger partial charge in [-0.15, -0.1) is 0 Å². The Bertz CT molecular complexity index is 390. The molecule has 100 valence electrons. The highest BCUT2D eigenvalue weighted by Gasteiger charge is 2.11. The minimum absolute atomic E-state index is 0.0262. The maximum absolute atomic E-state index is 8.60. The lowest BCUT2D eigenvalue weighted by atomic mass is 10.1. The van der Waals surface area contributed by atoms with E-state index in [1.807, 2.05) is 38.2 Å². The van der Waals surface area contributed by atoms with Gasteiger partial charge in [-0.25, -0.2) is 0 Å². The monoisotopic (exact) mass is 251 g/mol. The molecule has 5 nitrogen and oxygen atoms in total. The van der Waals surface area contributed by atoms with Crippen LogP contribution < -0.4 is 10.5 Å². The topological polar surface area (TPSA) is 71.1 Å². The first-order valence-corrected chi connectivity index (χ1v) is 5.85. The summed E-state index contributed by atoms with van der Waals surface area (Å²) in [6.45, 7) is 3.48. The van der Waals surface area contributed by atoms with Crippen molar-refractivity contribution in [3.63, 3.8) is 0 Å². The van der Waals surface area contributed by atoms with Crippen LogP contribution in [0, 0.1) is 5.92 Å². The molecule has 1 aromatic rings. The fourth-order valence-corrected chi connectivity index (χ4v) is 1.77. The molecule has 0 saturated heterocycles. The number of benzene rings is 1. The molecule has 0 spiro atoms. The summed E-state index contributed by atoms with van der Waals surface area (Å²) in [4.78, 5) is 2.13. The average molecular weight is 251 g/mol. The predicted octanol–water partition coefficient (Wildman–Crippen LogP) is 1.51. The van der Waals surface area contributed by atoms with E-state index >= 15 is 0 Å². The zero-order chi connectivity index (χ0) is 13.5.